The van der Waals surface area contributed by atoms with Gasteiger partial charge in [0, 0.05) is 0 Å². The zero-order valence-corrected chi connectivity index (χ0v) is 7.28. The van der Waals surface area contributed by atoms with E-state index in [1.165, 1.54) is 12.1 Å². The van der Waals surface area contributed by atoms with Gasteiger partial charge in [-0.25, -0.2) is 4.79 Å². The Kier molecular flexibility index (Phi) is 2.69. The molecule has 0 aliphatic heterocycles. The molecular weight excluding hydrogens is 168 g/mol. The number of benzene rings is 1. The molecule has 3 nitrogen and oxygen atoms in total. The van der Waals surface area contributed by atoms with E-state index < -0.39 is 5.97 Å². The van der Waals surface area contributed by atoms with Crippen LogP contribution in [0.2, 0.25) is 0 Å². The highest BCUT2D eigenvalue weighted by Gasteiger charge is 2.06. The Bertz CT molecular complexity index is 342. The van der Waals surface area contributed by atoms with Gasteiger partial charge in [0.1, 0.15) is 5.75 Å². The van der Waals surface area contributed by atoms with Crippen LogP contribution in [0.25, 0.3) is 0 Å². The molecule has 0 heterocycles. The lowest BCUT2D eigenvalue weighted by Gasteiger charge is -2.01. The second-order valence-corrected chi connectivity index (χ2v) is 2.57. The average molecular weight is 178 g/mol. The minimum Gasteiger partial charge on any atom is -0.508 e. The number of hydrogen-bond acceptors (Lipinski definition) is 3. The van der Waals surface area contributed by atoms with Crippen molar-refractivity contribution in [1.82, 2.24) is 0 Å². The second kappa shape index (κ2) is 3.76. The molecule has 0 radical (unpaired) electrons. The SMILES string of the molecule is C=COC(=O)c1ccc(O)c(C)c1. The van der Waals surface area contributed by atoms with Crippen molar-refractivity contribution < 1.29 is 14.6 Å². The highest BCUT2D eigenvalue weighted by atomic mass is 16.5. The molecule has 0 amide bonds. The molecule has 1 aromatic carbocycles. The summed E-state index contributed by atoms with van der Waals surface area (Å²) < 4.78 is 4.57. The lowest BCUT2D eigenvalue weighted by atomic mass is 10.1. The Morgan fingerprint density at radius 3 is 2.85 bits per heavy atom. The first-order chi connectivity index (χ1) is 6.15. The number of aryl methyl sites for hydroxylation is 1. The molecule has 1 aromatic rings. The van der Waals surface area contributed by atoms with Crippen LogP contribution in [0.1, 0.15) is 15.9 Å². The normalized spacial score (nSPS) is 9.31. The molecule has 0 aliphatic rings. The van der Waals surface area contributed by atoms with E-state index in [0.29, 0.717) is 11.1 Å². The van der Waals surface area contributed by atoms with Gasteiger partial charge in [-0.15, -0.1) is 0 Å². The minimum atomic E-state index is -0.474. The topological polar surface area (TPSA) is 46.5 Å². The van der Waals surface area contributed by atoms with E-state index in [2.05, 4.69) is 11.3 Å². The van der Waals surface area contributed by atoms with Crippen molar-refractivity contribution in [2.24, 2.45) is 0 Å². The molecular formula is C10H10O3. The standard InChI is InChI=1S/C10H10O3/c1-3-13-10(12)8-4-5-9(11)7(2)6-8/h3-6,11H,1H2,2H3. The third-order valence-electron chi connectivity index (χ3n) is 1.62. The molecule has 0 aromatic heterocycles. The van der Waals surface area contributed by atoms with E-state index >= 15 is 0 Å². The van der Waals surface area contributed by atoms with Crippen molar-refractivity contribution in [3.63, 3.8) is 0 Å². The molecule has 1 N–H and O–H groups in total. The number of phenolic OH excluding ortho intramolecular Hbond substituents is 1. The van der Waals surface area contributed by atoms with Crippen LogP contribution in [0, 0.1) is 6.92 Å². The second-order valence-electron chi connectivity index (χ2n) is 2.57. The van der Waals surface area contributed by atoms with E-state index in [9.17, 15) is 9.90 Å². The molecule has 0 fully saturated rings. The first kappa shape index (κ1) is 9.32. The summed E-state index contributed by atoms with van der Waals surface area (Å²) in [5, 5.41) is 9.18. The summed E-state index contributed by atoms with van der Waals surface area (Å²) in [6, 6.07) is 4.50. The number of rotatable bonds is 2. The first-order valence-corrected chi connectivity index (χ1v) is 3.76. The lowest BCUT2D eigenvalue weighted by Crippen LogP contribution is -2.00. The Hall–Kier alpha value is -1.77. The maximum Gasteiger partial charge on any atom is 0.342 e. The number of esters is 1. The molecule has 0 saturated heterocycles. The van der Waals surface area contributed by atoms with Crippen LogP contribution in [-0.4, -0.2) is 11.1 Å². The lowest BCUT2D eigenvalue weighted by molar-refractivity contribution is 0.0664. The van der Waals surface area contributed by atoms with Crippen LogP contribution < -0.4 is 0 Å². The highest BCUT2D eigenvalue weighted by molar-refractivity contribution is 5.90. The number of carbonyl (C=O) groups is 1. The fourth-order valence-corrected chi connectivity index (χ4v) is 0.926. The van der Waals surface area contributed by atoms with E-state index in [-0.39, 0.29) is 5.75 Å². The molecule has 0 saturated carbocycles. The minimum absolute atomic E-state index is 0.162. The summed E-state index contributed by atoms with van der Waals surface area (Å²) >= 11 is 0. The van der Waals surface area contributed by atoms with Gasteiger partial charge >= 0.3 is 5.97 Å². The van der Waals surface area contributed by atoms with Crippen LogP contribution in [0.3, 0.4) is 0 Å². The van der Waals surface area contributed by atoms with Gasteiger partial charge in [0.05, 0.1) is 11.8 Å². The van der Waals surface area contributed by atoms with Crippen molar-refractivity contribution in [3.8, 4) is 5.75 Å². The summed E-state index contributed by atoms with van der Waals surface area (Å²) in [6.07, 6.45) is 1.07. The monoisotopic (exact) mass is 178 g/mol. The van der Waals surface area contributed by atoms with Crippen LogP contribution >= 0.6 is 0 Å². The Morgan fingerprint density at radius 1 is 1.62 bits per heavy atom. The average Bonchev–Trinajstić information content (AvgIpc) is 2.10. The molecule has 1 rings (SSSR count). The van der Waals surface area contributed by atoms with Crippen LogP contribution in [0.4, 0.5) is 0 Å². The third kappa shape index (κ3) is 2.08. The number of carbonyl (C=O) groups excluding carboxylic acids is 1. The summed E-state index contributed by atoms with van der Waals surface area (Å²) in [5.74, 6) is -0.312. The molecule has 0 aliphatic carbocycles. The van der Waals surface area contributed by atoms with Gasteiger partial charge in [0.15, 0.2) is 0 Å². The van der Waals surface area contributed by atoms with Crippen LogP contribution in [-0.2, 0) is 4.74 Å². The number of hydrogen-bond donors (Lipinski definition) is 1. The predicted molar refractivity (Wildman–Crippen MR) is 48.5 cm³/mol. The Labute approximate surface area is 76.3 Å². The first-order valence-electron chi connectivity index (χ1n) is 3.76. The largest absolute Gasteiger partial charge is 0.508 e. The van der Waals surface area contributed by atoms with Crippen molar-refractivity contribution in [2.45, 2.75) is 6.92 Å². The zero-order valence-electron chi connectivity index (χ0n) is 7.28. The van der Waals surface area contributed by atoms with E-state index in [0.717, 1.165) is 6.26 Å². The molecule has 0 atom stereocenters. The fourth-order valence-electron chi connectivity index (χ4n) is 0.926. The van der Waals surface area contributed by atoms with Crippen molar-refractivity contribution in [2.75, 3.05) is 0 Å². The van der Waals surface area contributed by atoms with Crippen LogP contribution in [0.15, 0.2) is 31.0 Å². The van der Waals surface area contributed by atoms with Crippen molar-refractivity contribution in [1.29, 1.82) is 0 Å². The molecule has 0 bridgehead atoms. The highest BCUT2D eigenvalue weighted by Crippen LogP contribution is 2.17. The van der Waals surface area contributed by atoms with Crippen LogP contribution in [0.5, 0.6) is 5.75 Å². The van der Waals surface area contributed by atoms with Gasteiger partial charge in [0.25, 0.3) is 0 Å². The van der Waals surface area contributed by atoms with Gasteiger partial charge < -0.3 is 9.84 Å². The van der Waals surface area contributed by atoms with Gasteiger partial charge in [0.2, 0.25) is 0 Å². The van der Waals surface area contributed by atoms with Gasteiger partial charge in [-0.3, -0.25) is 0 Å². The summed E-state index contributed by atoms with van der Waals surface area (Å²) in [7, 11) is 0. The van der Waals surface area contributed by atoms with Gasteiger partial charge in [-0.2, -0.15) is 0 Å². The van der Waals surface area contributed by atoms with E-state index in [1.807, 2.05) is 0 Å². The van der Waals surface area contributed by atoms with E-state index in [4.69, 9.17) is 0 Å². The summed E-state index contributed by atoms with van der Waals surface area (Å²) in [4.78, 5) is 11.1. The van der Waals surface area contributed by atoms with Gasteiger partial charge in [-0.1, -0.05) is 6.58 Å². The maximum absolute atomic E-state index is 11.1. The number of aromatic hydroxyl groups is 1. The Balaban J connectivity index is 2.96. The van der Waals surface area contributed by atoms with Gasteiger partial charge in [-0.05, 0) is 30.7 Å². The Morgan fingerprint density at radius 2 is 2.31 bits per heavy atom. The summed E-state index contributed by atoms with van der Waals surface area (Å²) in [6.45, 7) is 4.98. The molecule has 0 spiro atoms. The molecule has 0 unspecified atom stereocenters. The summed E-state index contributed by atoms with van der Waals surface area (Å²) in [5.41, 5.74) is 1.04. The van der Waals surface area contributed by atoms with Crippen molar-refractivity contribution in [3.05, 3.63) is 42.2 Å². The maximum atomic E-state index is 11.1. The zero-order chi connectivity index (χ0) is 9.84. The predicted octanol–water partition coefficient (Wildman–Crippen LogP) is 2.00. The number of phenols is 1. The smallest absolute Gasteiger partial charge is 0.342 e. The fraction of sp³-hybridized carbons (Fsp3) is 0.100. The quantitative estimate of drug-likeness (QED) is 0.556. The molecule has 13 heavy (non-hydrogen) atoms. The molecule has 68 valence electrons. The van der Waals surface area contributed by atoms with Crippen molar-refractivity contribution >= 4 is 5.97 Å². The van der Waals surface area contributed by atoms with E-state index in [1.54, 1.807) is 13.0 Å². The molecule has 3 heteroatoms. The number of ether oxygens (including phenoxy) is 1. The third-order valence-corrected chi connectivity index (χ3v) is 1.62.